The molecule has 0 aliphatic carbocycles. The van der Waals surface area contributed by atoms with E-state index in [1.165, 1.54) is 37.9 Å². The van der Waals surface area contributed by atoms with Gasteiger partial charge < -0.3 is 5.32 Å². The second kappa shape index (κ2) is 6.86. The summed E-state index contributed by atoms with van der Waals surface area (Å²) in [5.74, 6) is 0. The zero-order valence-electron chi connectivity index (χ0n) is 11.6. The van der Waals surface area contributed by atoms with Crippen LogP contribution in [0.3, 0.4) is 0 Å². The zero-order chi connectivity index (χ0) is 12.8. The van der Waals surface area contributed by atoms with Crippen LogP contribution in [-0.4, -0.2) is 35.6 Å². The van der Waals surface area contributed by atoms with Gasteiger partial charge in [-0.15, -0.1) is 0 Å². The molecular formula is C15H25N3. The van der Waals surface area contributed by atoms with Crippen molar-refractivity contribution in [2.45, 2.75) is 45.2 Å². The number of pyridine rings is 1. The lowest BCUT2D eigenvalue weighted by Gasteiger charge is -2.36. The van der Waals surface area contributed by atoms with Crippen LogP contribution in [0.4, 0.5) is 0 Å². The summed E-state index contributed by atoms with van der Waals surface area (Å²) in [5, 5.41) is 3.63. The van der Waals surface area contributed by atoms with Gasteiger partial charge in [0.1, 0.15) is 0 Å². The van der Waals surface area contributed by atoms with E-state index >= 15 is 0 Å². The summed E-state index contributed by atoms with van der Waals surface area (Å²) in [5.41, 5.74) is 1.38. The summed E-state index contributed by atoms with van der Waals surface area (Å²) in [6, 6.07) is 5.50. The molecule has 2 heterocycles. The molecule has 0 aromatic carbocycles. The molecule has 1 saturated heterocycles. The lowest BCUT2D eigenvalue weighted by Crippen LogP contribution is -2.43. The van der Waals surface area contributed by atoms with E-state index < -0.39 is 0 Å². The molecule has 1 aliphatic heterocycles. The van der Waals surface area contributed by atoms with E-state index in [-0.39, 0.29) is 0 Å². The predicted molar refractivity (Wildman–Crippen MR) is 75.5 cm³/mol. The number of hydrogen-bond donors (Lipinski definition) is 1. The number of nitrogens with one attached hydrogen (secondary N) is 1. The van der Waals surface area contributed by atoms with Crippen molar-refractivity contribution in [2.24, 2.45) is 0 Å². The first-order valence-corrected chi connectivity index (χ1v) is 7.18. The molecule has 3 heteroatoms. The molecule has 0 spiro atoms. The molecule has 2 rings (SSSR count). The van der Waals surface area contributed by atoms with E-state index in [9.17, 15) is 0 Å². The summed E-state index contributed by atoms with van der Waals surface area (Å²) in [6.07, 6.45) is 7.56. The number of hydrogen-bond acceptors (Lipinski definition) is 3. The molecule has 3 nitrogen and oxygen atoms in total. The highest BCUT2D eigenvalue weighted by Crippen LogP contribution is 2.23. The van der Waals surface area contributed by atoms with Crippen molar-refractivity contribution in [3.8, 4) is 0 Å². The smallest absolute Gasteiger partial charge is 0.0321 e. The minimum atomic E-state index is 0.514. The lowest BCUT2D eigenvalue weighted by molar-refractivity contribution is 0.152. The maximum Gasteiger partial charge on any atom is 0.0321 e. The Labute approximate surface area is 111 Å². The minimum Gasteiger partial charge on any atom is -0.314 e. The minimum absolute atomic E-state index is 0.514. The van der Waals surface area contributed by atoms with Gasteiger partial charge in [-0.2, -0.15) is 0 Å². The zero-order valence-corrected chi connectivity index (χ0v) is 11.6. The summed E-state index contributed by atoms with van der Waals surface area (Å²) in [7, 11) is 0. The van der Waals surface area contributed by atoms with Gasteiger partial charge in [-0.3, -0.25) is 9.88 Å². The van der Waals surface area contributed by atoms with Gasteiger partial charge in [0.25, 0.3) is 0 Å². The highest BCUT2D eigenvalue weighted by molar-refractivity contribution is 5.14. The van der Waals surface area contributed by atoms with Crippen LogP contribution in [0.15, 0.2) is 24.5 Å². The first-order chi connectivity index (χ1) is 8.81. The van der Waals surface area contributed by atoms with E-state index in [0.29, 0.717) is 6.04 Å². The van der Waals surface area contributed by atoms with E-state index in [1.54, 1.807) is 0 Å². The second-order valence-electron chi connectivity index (χ2n) is 5.22. The van der Waals surface area contributed by atoms with Crippen LogP contribution in [0.2, 0.25) is 0 Å². The van der Waals surface area contributed by atoms with Gasteiger partial charge in [0, 0.05) is 37.6 Å². The van der Waals surface area contributed by atoms with Gasteiger partial charge in [0.05, 0.1) is 0 Å². The summed E-state index contributed by atoms with van der Waals surface area (Å²) in [6.45, 7) is 8.09. The van der Waals surface area contributed by atoms with Crippen LogP contribution >= 0.6 is 0 Å². The first-order valence-electron chi connectivity index (χ1n) is 7.18. The third-order valence-electron chi connectivity index (χ3n) is 3.95. The highest BCUT2D eigenvalue weighted by atomic mass is 15.2. The van der Waals surface area contributed by atoms with Crippen molar-refractivity contribution in [1.82, 2.24) is 15.2 Å². The van der Waals surface area contributed by atoms with Crippen molar-refractivity contribution in [1.29, 1.82) is 0 Å². The Morgan fingerprint density at radius 3 is 2.61 bits per heavy atom. The molecule has 18 heavy (non-hydrogen) atoms. The van der Waals surface area contributed by atoms with Crippen molar-refractivity contribution >= 4 is 0 Å². The third kappa shape index (κ3) is 3.53. The van der Waals surface area contributed by atoms with E-state index in [2.05, 4.69) is 41.2 Å². The Bertz CT molecular complexity index is 331. The average Bonchev–Trinajstić information content (AvgIpc) is 2.46. The maximum atomic E-state index is 4.09. The van der Waals surface area contributed by atoms with Crippen LogP contribution in [-0.2, 0) is 0 Å². The number of aromatic nitrogens is 1. The summed E-state index contributed by atoms with van der Waals surface area (Å²) >= 11 is 0. The molecule has 1 unspecified atom stereocenters. The standard InChI is InChI=1S/C15H25N3/c1-3-8-17-15-6-11-18(12-7-15)13(2)14-4-9-16-10-5-14/h4-5,9-10,13,15,17H,3,6-8,11-12H2,1-2H3. The van der Waals surface area contributed by atoms with Gasteiger partial charge in [-0.05, 0) is 50.4 Å². The van der Waals surface area contributed by atoms with Crippen LogP contribution in [0.1, 0.15) is 44.7 Å². The number of rotatable bonds is 5. The fourth-order valence-corrected chi connectivity index (χ4v) is 2.69. The van der Waals surface area contributed by atoms with Crippen LogP contribution < -0.4 is 5.32 Å². The molecule has 0 saturated carbocycles. The molecule has 0 radical (unpaired) electrons. The molecule has 100 valence electrons. The van der Waals surface area contributed by atoms with Crippen molar-refractivity contribution < 1.29 is 0 Å². The number of likely N-dealkylation sites (tertiary alicyclic amines) is 1. The first kappa shape index (κ1) is 13.5. The highest BCUT2D eigenvalue weighted by Gasteiger charge is 2.22. The Morgan fingerprint density at radius 1 is 1.33 bits per heavy atom. The summed E-state index contributed by atoms with van der Waals surface area (Å²) < 4.78 is 0. The van der Waals surface area contributed by atoms with E-state index in [0.717, 1.165) is 12.6 Å². The van der Waals surface area contributed by atoms with E-state index in [1.807, 2.05) is 12.4 Å². The number of piperidine rings is 1. The van der Waals surface area contributed by atoms with Crippen LogP contribution in [0.25, 0.3) is 0 Å². The van der Waals surface area contributed by atoms with Gasteiger partial charge in [-0.1, -0.05) is 6.92 Å². The largest absolute Gasteiger partial charge is 0.314 e. The lowest BCUT2D eigenvalue weighted by atomic mass is 10.0. The molecule has 0 bridgehead atoms. The summed E-state index contributed by atoms with van der Waals surface area (Å²) in [4.78, 5) is 6.67. The SMILES string of the molecule is CCCNC1CCN(C(C)c2ccncc2)CC1. The van der Waals surface area contributed by atoms with Crippen LogP contribution in [0.5, 0.6) is 0 Å². The fraction of sp³-hybridized carbons (Fsp3) is 0.667. The molecule has 1 N–H and O–H groups in total. The van der Waals surface area contributed by atoms with Gasteiger partial charge in [-0.25, -0.2) is 0 Å². The Balaban J connectivity index is 1.82. The molecule has 1 aromatic heterocycles. The Hall–Kier alpha value is -0.930. The molecule has 1 atom stereocenters. The molecule has 0 amide bonds. The topological polar surface area (TPSA) is 28.2 Å². The normalized spacial score (nSPS) is 19.9. The monoisotopic (exact) mass is 247 g/mol. The Morgan fingerprint density at radius 2 is 2.00 bits per heavy atom. The third-order valence-corrected chi connectivity index (χ3v) is 3.95. The van der Waals surface area contributed by atoms with Gasteiger partial charge in [0.2, 0.25) is 0 Å². The quantitative estimate of drug-likeness (QED) is 0.867. The number of nitrogens with zero attached hydrogens (tertiary/aromatic N) is 2. The fourth-order valence-electron chi connectivity index (χ4n) is 2.69. The average molecular weight is 247 g/mol. The maximum absolute atomic E-state index is 4.09. The Kier molecular flexibility index (Phi) is 5.14. The second-order valence-corrected chi connectivity index (χ2v) is 5.22. The van der Waals surface area contributed by atoms with Crippen molar-refractivity contribution in [3.63, 3.8) is 0 Å². The van der Waals surface area contributed by atoms with Crippen molar-refractivity contribution in [3.05, 3.63) is 30.1 Å². The predicted octanol–water partition coefficient (Wildman–Crippen LogP) is 2.61. The van der Waals surface area contributed by atoms with Gasteiger partial charge >= 0.3 is 0 Å². The van der Waals surface area contributed by atoms with Crippen molar-refractivity contribution in [2.75, 3.05) is 19.6 Å². The van der Waals surface area contributed by atoms with E-state index in [4.69, 9.17) is 0 Å². The molecule has 1 aliphatic rings. The molecule has 1 aromatic rings. The van der Waals surface area contributed by atoms with Crippen LogP contribution in [0, 0.1) is 0 Å². The van der Waals surface area contributed by atoms with Gasteiger partial charge in [0.15, 0.2) is 0 Å². The molecule has 1 fully saturated rings. The molecular weight excluding hydrogens is 222 g/mol.